The predicted molar refractivity (Wildman–Crippen MR) is 97.3 cm³/mol. The summed E-state index contributed by atoms with van der Waals surface area (Å²) >= 11 is 0. The van der Waals surface area contributed by atoms with E-state index in [9.17, 15) is 4.79 Å². The number of hydrogen-bond donors (Lipinski definition) is 1. The maximum atomic E-state index is 12.4. The highest BCUT2D eigenvalue weighted by Crippen LogP contribution is 2.26. The van der Waals surface area contributed by atoms with Gasteiger partial charge in [0.15, 0.2) is 0 Å². The van der Waals surface area contributed by atoms with E-state index < -0.39 is 0 Å². The Balaban J connectivity index is 1.61. The van der Waals surface area contributed by atoms with Crippen molar-refractivity contribution in [1.82, 2.24) is 10.2 Å². The molecule has 1 aromatic heterocycles. The number of likely N-dealkylation sites (tertiary alicyclic amines) is 1. The summed E-state index contributed by atoms with van der Waals surface area (Å²) in [6.07, 6.45) is 4.20. The number of benzene rings is 1. The minimum atomic E-state index is 0.0962. The Bertz CT molecular complexity index is 725. The fraction of sp³-hybridized carbons (Fsp3) is 0.550. The molecule has 0 unspecified atom stereocenters. The van der Waals surface area contributed by atoms with E-state index in [1.54, 1.807) is 6.26 Å². The van der Waals surface area contributed by atoms with Crippen molar-refractivity contribution in [3.8, 4) is 0 Å². The normalized spacial score (nSPS) is 16.9. The van der Waals surface area contributed by atoms with Gasteiger partial charge in [0.25, 0.3) is 0 Å². The van der Waals surface area contributed by atoms with Crippen molar-refractivity contribution >= 4 is 16.9 Å². The van der Waals surface area contributed by atoms with Gasteiger partial charge < -0.3 is 14.6 Å². The number of carbonyl (C=O) groups is 1. The SMILES string of the molecule is Cc1ccc2c(CC(=O)NC3CCN(C(C)C)CC3)coc2c1C. The Hall–Kier alpha value is -1.81. The lowest BCUT2D eigenvalue weighted by atomic mass is 10.0. The monoisotopic (exact) mass is 328 g/mol. The number of nitrogens with one attached hydrogen (secondary N) is 1. The molecular weight excluding hydrogens is 300 g/mol. The van der Waals surface area contributed by atoms with Crippen LogP contribution in [0.25, 0.3) is 11.0 Å². The van der Waals surface area contributed by atoms with Crippen molar-refractivity contribution in [2.24, 2.45) is 0 Å². The van der Waals surface area contributed by atoms with Gasteiger partial charge in [-0.2, -0.15) is 0 Å². The summed E-state index contributed by atoms with van der Waals surface area (Å²) in [6, 6.07) is 5.04. The molecule has 4 heteroatoms. The molecule has 24 heavy (non-hydrogen) atoms. The van der Waals surface area contributed by atoms with E-state index >= 15 is 0 Å². The van der Waals surface area contributed by atoms with Crippen LogP contribution in [-0.2, 0) is 11.2 Å². The lowest BCUT2D eigenvalue weighted by Gasteiger charge is -2.34. The zero-order chi connectivity index (χ0) is 17.3. The van der Waals surface area contributed by atoms with Gasteiger partial charge in [-0.15, -0.1) is 0 Å². The minimum Gasteiger partial charge on any atom is -0.464 e. The molecule has 2 heterocycles. The zero-order valence-corrected chi connectivity index (χ0v) is 15.2. The first-order chi connectivity index (χ1) is 11.5. The highest BCUT2D eigenvalue weighted by molar-refractivity contribution is 5.89. The van der Waals surface area contributed by atoms with Gasteiger partial charge in [0, 0.05) is 36.1 Å². The van der Waals surface area contributed by atoms with Crippen molar-refractivity contribution < 1.29 is 9.21 Å². The van der Waals surface area contributed by atoms with Crippen molar-refractivity contribution in [3.05, 3.63) is 35.1 Å². The number of hydrogen-bond acceptors (Lipinski definition) is 3. The van der Waals surface area contributed by atoms with Gasteiger partial charge >= 0.3 is 0 Å². The van der Waals surface area contributed by atoms with Crippen LogP contribution in [0.5, 0.6) is 0 Å². The molecule has 1 N–H and O–H groups in total. The van der Waals surface area contributed by atoms with Crippen molar-refractivity contribution in [2.45, 2.75) is 59.0 Å². The summed E-state index contributed by atoms with van der Waals surface area (Å²) in [6.45, 7) is 10.7. The van der Waals surface area contributed by atoms with Gasteiger partial charge in [0.05, 0.1) is 12.7 Å². The van der Waals surface area contributed by atoms with Crippen LogP contribution in [0.15, 0.2) is 22.8 Å². The quantitative estimate of drug-likeness (QED) is 0.933. The van der Waals surface area contributed by atoms with Crippen LogP contribution in [0, 0.1) is 13.8 Å². The average molecular weight is 328 g/mol. The first-order valence-corrected chi connectivity index (χ1v) is 8.95. The molecule has 130 valence electrons. The Morgan fingerprint density at radius 1 is 1.29 bits per heavy atom. The number of carbonyl (C=O) groups excluding carboxylic acids is 1. The molecule has 0 aliphatic carbocycles. The highest BCUT2D eigenvalue weighted by atomic mass is 16.3. The maximum Gasteiger partial charge on any atom is 0.224 e. The lowest BCUT2D eigenvalue weighted by Crippen LogP contribution is -2.46. The van der Waals surface area contributed by atoms with Crippen molar-refractivity contribution in [2.75, 3.05) is 13.1 Å². The number of nitrogens with zero attached hydrogens (tertiary/aromatic N) is 1. The van der Waals surface area contributed by atoms with E-state index in [-0.39, 0.29) is 5.91 Å². The standard InChI is InChI=1S/C20H28N2O2/c1-13(2)22-9-7-17(8-10-22)21-19(23)11-16-12-24-20-15(4)14(3)5-6-18(16)20/h5-6,12-13,17H,7-11H2,1-4H3,(H,21,23). The Kier molecular flexibility index (Phi) is 4.95. The number of fused-ring (bicyclic) bond motifs is 1. The van der Waals surface area contributed by atoms with Gasteiger partial charge in [0.1, 0.15) is 5.58 Å². The second-order valence-corrected chi connectivity index (χ2v) is 7.29. The predicted octanol–water partition coefficient (Wildman–Crippen LogP) is 3.58. The van der Waals surface area contributed by atoms with Crippen LogP contribution in [0.2, 0.25) is 0 Å². The molecule has 1 saturated heterocycles. The van der Waals surface area contributed by atoms with E-state index in [4.69, 9.17) is 4.42 Å². The summed E-state index contributed by atoms with van der Waals surface area (Å²) < 4.78 is 5.71. The fourth-order valence-corrected chi connectivity index (χ4v) is 3.54. The van der Waals surface area contributed by atoms with Crippen molar-refractivity contribution in [3.63, 3.8) is 0 Å². The van der Waals surface area contributed by atoms with Gasteiger partial charge in [-0.25, -0.2) is 0 Å². The molecule has 1 fully saturated rings. The molecule has 3 rings (SSSR count). The third-order valence-electron chi connectivity index (χ3n) is 5.32. The fourth-order valence-electron chi connectivity index (χ4n) is 3.54. The molecule has 0 saturated carbocycles. The second kappa shape index (κ2) is 6.98. The number of furan rings is 1. The highest BCUT2D eigenvalue weighted by Gasteiger charge is 2.22. The number of rotatable bonds is 4. The summed E-state index contributed by atoms with van der Waals surface area (Å²) in [5.74, 6) is 0.0962. The van der Waals surface area contributed by atoms with Gasteiger partial charge in [-0.1, -0.05) is 12.1 Å². The Morgan fingerprint density at radius 2 is 2.00 bits per heavy atom. The van der Waals surface area contributed by atoms with Gasteiger partial charge in [-0.05, 0) is 51.7 Å². The second-order valence-electron chi connectivity index (χ2n) is 7.29. The van der Waals surface area contributed by atoms with Crippen LogP contribution in [0.4, 0.5) is 0 Å². The van der Waals surface area contributed by atoms with Gasteiger partial charge in [0.2, 0.25) is 5.91 Å². The first kappa shape index (κ1) is 17.0. The molecule has 0 radical (unpaired) electrons. The third-order valence-corrected chi connectivity index (χ3v) is 5.32. The molecule has 1 aliphatic heterocycles. The summed E-state index contributed by atoms with van der Waals surface area (Å²) in [7, 11) is 0. The first-order valence-electron chi connectivity index (χ1n) is 8.95. The zero-order valence-electron chi connectivity index (χ0n) is 15.2. The van der Waals surface area contributed by atoms with E-state index in [0.717, 1.165) is 48.0 Å². The molecule has 0 spiro atoms. The molecule has 1 aliphatic rings. The van der Waals surface area contributed by atoms with Gasteiger partial charge in [-0.3, -0.25) is 4.79 Å². The third kappa shape index (κ3) is 3.48. The lowest BCUT2D eigenvalue weighted by molar-refractivity contribution is -0.121. The van der Waals surface area contributed by atoms with Crippen LogP contribution in [-0.4, -0.2) is 36.0 Å². The van der Waals surface area contributed by atoms with Crippen LogP contribution in [0.1, 0.15) is 43.4 Å². The molecule has 0 atom stereocenters. The van der Waals surface area contributed by atoms with E-state index in [1.165, 1.54) is 5.56 Å². The Morgan fingerprint density at radius 3 is 2.67 bits per heavy atom. The van der Waals surface area contributed by atoms with Crippen LogP contribution in [0.3, 0.4) is 0 Å². The van der Waals surface area contributed by atoms with E-state index in [0.29, 0.717) is 18.5 Å². The molecule has 4 nitrogen and oxygen atoms in total. The topological polar surface area (TPSA) is 45.5 Å². The van der Waals surface area contributed by atoms with E-state index in [1.807, 2.05) is 0 Å². The number of piperidine rings is 1. The summed E-state index contributed by atoms with van der Waals surface area (Å²) in [5, 5.41) is 4.26. The number of amides is 1. The van der Waals surface area contributed by atoms with Crippen molar-refractivity contribution in [1.29, 1.82) is 0 Å². The Labute approximate surface area is 144 Å². The molecule has 0 bridgehead atoms. The van der Waals surface area contributed by atoms with Crippen LogP contribution >= 0.6 is 0 Å². The van der Waals surface area contributed by atoms with E-state index in [2.05, 4.69) is 50.0 Å². The molecule has 1 amide bonds. The largest absolute Gasteiger partial charge is 0.464 e. The average Bonchev–Trinajstić information content (AvgIpc) is 2.95. The van der Waals surface area contributed by atoms with Crippen LogP contribution < -0.4 is 5.32 Å². The number of aryl methyl sites for hydroxylation is 2. The minimum absolute atomic E-state index is 0.0962. The maximum absolute atomic E-state index is 12.4. The summed E-state index contributed by atoms with van der Waals surface area (Å²) in [5.41, 5.74) is 4.25. The summed E-state index contributed by atoms with van der Waals surface area (Å²) in [4.78, 5) is 14.9. The molecule has 2 aromatic rings. The molecule has 1 aromatic carbocycles. The molecular formula is C20H28N2O2. The smallest absolute Gasteiger partial charge is 0.224 e.